The van der Waals surface area contributed by atoms with E-state index < -0.39 is 33.7 Å². The van der Waals surface area contributed by atoms with Gasteiger partial charge in [-0.05, 0) is 69.3 Å². The van der Waals surface area contributed by atoms with Crippen molar-refractivity contribution in [3.05, 3.63) is 54.1 Å². The lowest BCUT2D eigenvalue weighted by Gasteiger charge is -2.39. The van der Waals surface area contributed by atoms with Crippen molar-refractivity contribution in [1.29, 1.82) is 5.26 Å². The average Bonchev–Trinajstić information content (AvgIpc) is 2.83. The van der Waals surface area contributed by atoms with Gasteiger partial charge in [-0.25, -0.2) is 18.7 Å². The summed E-state index contributed by atoms with van der Waals surface area (Å²) >= 11 is 0. The van der Waals surface area contributed by atoms with Gasteiger partial charge >= 0.3 is 6.09 Å². The fourth-order valence-corrected chi connectivity index (χ4v) is 4.95. The number of piperazine rings is 1. The molecule has 0 aliphatic carbocycles. The fraction of sp³-hybridized carbons (Fsp3) is 0.348. The molecular formula is C23H26N4O7S. The normalized spacial score (nSPS) is 16.8. The Morgan fingerprint density at radius 3 is 2.14 bits per heavy atom. The highest BCUT2D eigenvalue weighted by Gasteiger charge is 2.42. The van der Waals surface area contributed by atoms with Crippen LogP contribution in [-0.2, 0) is 19.6 Å². The number of nitriles is 1. The molecule has 3 rings (SSSR count). The number of carbonyl (C=O) groups excluding carboxylic acids is 2. The quantitative estimate of drug-likeness (QED) is 0.468. The predicted molar refractivity (Wildman–Crippen MR) is 123 cm³/mol. The number of ether oxygens (including phenoxy) is 2. The minimum atomic E-state index is -4.16. The predicted octanol–water partition coefficient (Wildman–Crippen LogP) is 2.47. The summed E-state index contributed by atoms with van der Waals surface area (Å²) < 4.78 is 38.6. The molecule has 0 bridgehead atoms. The highest BCUT2D eigenvalue weighted by atomic mass is 32.2. The Bertz CT molecular complexity index is 1220. The van der Waals surface area contributed by atoms with Crippen molar-refractivity contribution in [2.24, 2.45) is 0 Å². The zero-order chi connectivity index (χ0) is 25.8. The number of hydroxylamine groups is 1. The largest absolute Gasteiger partial charge is 0.457 e. The maximum Gasteiger partial charge on any atom is 0.410 e. The molecule has 1 atom stereocenters. The van der Waals surface area contributed by atoms with E-state index in [4.69, 9.17) is 14.7 Å². The number of hydrogen-bond acceptors (Lipinski definition) is 8. The topological polar surface area (TPSA) is 149 Å². The van der Waals surface area contributed by atoms with Gasteiger partial charge < -0.3 is 14.4 Å². The van der Waals surface area contributed by atoms with Crippen molar-refractivity contribution in [2.45, 2.75) is 37.3 Å². The molecule has 0 unspecified atom stereocenters. The molecular weight excluding hydrogens is 476 g/mol. The number of nitrogens with one attached hydrogen (secondary N) is 1. The molecule has 2 N–H and O–H groups in total. The van der Waals surface area contributed by atoms with Crippen LogP contribution in [0.1, 0.15) is 26.3 Å². The van der Waals surface area contributed by atoms with Crippen molar-refractivity contribution < 1.29 is 32.7 Å². The van der Waals surface area contributed by atoms with E-state index in [9.17, 15) is 23.2 Å². The molecule has 2 amide bonds. The maximum absolute atomic E-state index is 13.3. The molecule has 12 heteroatoms. The van der Waals surface area contributed by atoms with Crippen molar-refractivity contribution in [3.63, 3.8) is 0 Å². The first-order chi connectivity index (χ1) is 16.4. The maximum atomic E-state index is 13.3. The third kappa shape index (κ3) is 6.27. The second-order valence-corrected chi connectivity index (χ2v) is 10.6. The summed E-state index contributed by atoms with van der Waals surface area (Å²) in [6, 6.07) is 12.7. The Kier molecular flexibility index (Phi) is 7.64. The fourth-order valence-electron chi connectivity index (χ4n) is 3.38. The summed E-state index contributed by atoms with van der Waals surface area (Å²) in [5.74, 6) is -0.131. The summed E-state index contributed by atoms with van der Waals surface area (Å²) in [7, 11) is -4.16. The second-order valence-electron chi connectivity index (χ2n) is 8.74. The van der Waals surface area contributed by atoms with Crippen LogP contribution in [0.15, 0.2) is 53.4 Å². The van der Waals surface area contributed by atoms with Gasteiger partial charge in [-0.3, -0.25) is 10.0 Å². The van der Waals surface area contributed by atoms with Gasteiger partial charge in [-0.1, -0.05) is 0 Å². The Labute approximate surface area is 203 Å². The molecule has 0 spiro atoms. The minimum absolute atomic E-state index is 0.00321. The van der Waals surface area contributed by atoms with E-state index in [2.05, 4.69) is 0 Å². The Morgan fingerprint density at radius 2 is 1.63 bits per heavy atom. The van der Waals surface area contributed by atoms with Gasteiger partial charge in [0.15, 0.2) is 0 Å². The Balaban J connectivity index is 1.78. The molecule has 186 valence electrons. The van der Waals surface area contributed by atoms with Crippen molar-refractivity contribution in [3.8, 4) is 17.6 Å². The summed E-state index contributed by atoms with van der Waals surface area (Å²) in [4.78, 5) is 25.9. The average molecular weight is 503 g/mol. The van der Waals surface area contributed by atoms with Crippen molar-refractivity contribution in [2.75, 3.05) is 19.6 Å². The molecule has 35 heavy (non-hydrogen) atoms. The van der Waals surface area contributed by atoms with Gasteiger partial charge in [0.05, 0.1) is 16.5 Å². The first-order valence-corrected chi connectivity index (χ1v) is 12.1. The molecule has 1 heterocycles. The van der Waals surface area contributed by atoms with Crippen LogP contribution in [0, 0.1) is 11.3 Å². The van der Waals surface area contributed by atoms with Crippen LogP contribution in [0.4, 0.5) is 4.79 Å². The number of carbonyl (C=O) groups is 2. The van der Waals surface area contributed by atoms with Crippen LogP contribution in [0.3, 0.4) is 0 Å². The van der Waals surface area contributed by atoms with Crippen LogP contribution in [0.5, 0.6) is 11.5 Å². The molecule has 2 aromatic rings. The van der Waals surface area contributed by atoms with Crippen LogP contribution >= 0.6 is 0 Å². The SMILES string of the molecule is CC(C)(C)OC(=O)N1CCN(S(=O)(=O)c2ccc(Oc3ccc(C#N)cc3)cc2)[C@@H](C(=O)NO)C1. The highest BCUT2D eigenvalue weighted by molar-refractivity contribution is 7.89. The Hall–Kier alpha value is -3.66. The van der Waals surface area contributed by atoms with Crippen LogP contribution in [0.2, 0.25) is 0 Å². The van der Waals surface area contributed by atoms with Crippen molar-refractivity contribution in [1.82, 2.24) is 14.7 Å². The second kappa shape index (κ2) is 10.3. The van der Waals surface area contributed by atoms with Gasteiger partial charge in [-0.2, -0.15) is 9.57 Å². The van der Waals surface area contributed by atoms with E-state index in [-0.39, 0.29) is 24.5 Å². The monoisotopic (exact) mass is 502 g/mol. The minimum Gasteiger partial charge on any atom is -0.457 e. The zero-order valence-corrected chi connectivity index (χ0v) is 20.3. The smallest absolute Gasteiger partial charge is 0.410 e. The number of benzene rings is 2. The Morgan fingerprint density at radius 1 is 1.06 bits per heavy atom. The first kappa shape index (κ1) is 26.0. The number of amides is 2. The summed E-state index contributed by atoms with van der Waals surface area (Å²) in [6.45, 7) is 4.61. The summed E-state index contributed by atoms with van der Waals surface area (Å²) in [5.41, 5.74) is 1.19. The lowest BCUT2D eigenvalue weighted by molar-refractivity contribution is -0.134. The van der Waals surface area contributed by atoms with E-state index >= 15 is 0 Å². The molecule has 1 aliphatic heterocycles. The number of nitrogens with zero attached hydrogens (tertiary/aromatic N) is 3. The third-order valence-electron chi connectivity index (χ3n) is 5.05. The lowest BCUT2D eigenvalue weighted by Crippen LogP contribution is -2.61. The van der Waals surface area contributed by atoms with Gasteiger partial charge in [-0.15, -0.1) is 0 Å². The molecule has 11 nitrogen and oxygen atoms in total. The zero-order valence-electron chi connectivity index (χ0n) is 19.5. The molecule has 0 radical (unpaired) electrons. The molecule has 1 fully saturated rings. The summed E-state index contributed by atoms with van der Waals surface area (Å²) in [5, 5.41) is 18.0. The number of hydrogen-bond donors (Lipinski definition) is 2. The highest BCUT2D eigenvalue weighted by Crippen LogP contribution is 2.27. The molecule has 2 aromatic carbocycles. The summed E-state index contributed by atoms with van der Waals surface area (Å²) in [6.07, 6.45) is -0.686. The molecule has 0 saturated carbocycles. The van der Waals surface area contributed by atoms with Gasteiger partial charge in [0.2, 0.25) is 10.0 Å². The van der Waals surface area contributed by atoms with E-state index in [0.717, 1.165) is 4.31 Å². The van der Waals surface area contributed by atoms with Crippen LogP contribution in [0.25, 0.3) is 0 Å². The number of rotatable bonds is 5. The van der Waals surface area contributed by atoms with E-state index in [0.29, 0.717) is 17.1 Å². The van der Waals surface area contributed by atoms with Gasteiger partial charge in [0.25, 0.3) is 5.91 Å². The number of sulfonamides is 1. The van der Waals surface area contributed by atoms with E-state index in [1.54, 1.807) is 45.0 Å². The van der Waals surface area contributed by atoms with Gasteiger partial charge in [0, 0.05) is 19.6 Å². The van der Waals surface area contributed by atoms with Crippen LogP contribution in [-0.4, -0.2) is 66.1 Å². The third-order valence-corrected chi connectivity index (χ3v) is 6.97. The standard InChI is InChI=1S/C23H26N4O7S/c1-23(2,3)34-22(29)26-12-13-27(20(15-26)21(28)25-30)35(31,32)19-10-8-18(9-11-19)33-17-6-4-16(14-24)5-7-17/h4-11,20,30H,12-13,15H2,1-3H3,(H,25,28)/t20-/m1/s1. The molecule has 1 aliphatic rings. The van der Waals surface area contributed by atoms with Crippen molar-refractivity contribution >= 4 is 22.0 Å². The van der Waals surface area contributed by atoms with E-state index in [1.165, 1.54) is 34.6 Å². The van der Waals surface area contributed by atoms with Gasteiger partial charge in [0.1, 0.15) is 23.1 Å². The first-order valence-electron chi connectivity index (χ1n) is 10.7. The lowest BCUT2D eigenvalue weighted by atomic mass is 10.2. The molecule has 0 aromatic heterocycles. The molecule has 1 saturated heterocycles. The van der Waals surface area contributed by atoms with E-state index in [1.807, 2.05) is 6.07 Å². The van der Waals surface area contributed by atoms with Crippen LogP contribution < -0.4 is 10.2 Å².